The van der Waals surface area contributed by atoms with E-state index in [4.69, 9.17) is 9.47 Å². The lowest BCUT2D eigenvalue weighted by molar-refractivity contribution is -0.130. The average molecular weight is 413 g/mol. The van der Waals surface area contributed by atoms with Gasteiger partial charge in [-0.05, 0) is 30.7 Å². The molecule has 0 aliphatic carbocycles. The number of carbonyl (C=O) groups is 1. The summed E-state index contributed by atoms with van der Waals surface area (Å²) in [7, 11) is 0. The Balaban J connectivity index is 1.24. The zero-order valence-corrected chi connectivity index (χ0v) is 17.7. The predicted octanol–water partition coefficient (Wildman–Crippen LogP) is 3.59. The zero-order valence-electron chi connectivity index (χ0n) is 16.9. The van der Waals surface area contributed by atoms with Crippen molar-refractivity contribution in [3.63, 3.8) is 0 Å². The molecule has 0 unspecified atom stereocenters. The first kappa shape index (κ1) is 20.1. The van der Waals surface area contributed by atoms with Crippen molar-refractivity contribution in [3.8, 4) is 11.5 Å². The molecule has 2 aromatic carbocycles. The van der Waals surface area contributed by atoms with Crippen molar-refractivity contribution >= 4 is 17.7 Å². The number of benzene rings is 2. The summed E-state index contributed by atoms with van der Waals surface area (Å²) >= 11 is 1.57. The van der Waals surface area contributed by atoms with Crippen LogP contribution in [0.5, 0.6) is 11.5 Å². The molecule has 4 rings (SSSR count). The Labute approximate surface area is 177 Å². The van der Waals surface area contributed by atoms with Gasteiger partial charge >= 0.3 is 0 Å². The summed E-state index contributed by atoms with van der Waals surface area (Å²) in [4.78, 5) is 18.1. The molecule has 2 aliphatic heterocycles. The maximum atomic E-state index is 12.7. The highest BCUT2D eigenvalue weighted by Crippen LogP contribution is 2.34. The first-order valence-corrected chi connectivity index (χ1v) is 11.2. The minimum absolute atomic E-state index is 0.206. The highest BCUT2D eigenvalue weighted by molar-refractivity contribution is 8.00. The topological polar surface area (TPSA) is 42.0 Å². The Morgan fingerprint density at radius 3 is 2.59 bits per heavy atom. The van der Waals surface area contributed by atoms with Gasteiger partial charge in [0.2, 0.25) is 5.91 Å². The summed E-state index contributed by atoms with van der Waals surface area (Å²) in [5.74, 6) is 2.24. The van der Waals surface area contributed by atoms with Crippen LogP contribution in [0.15, 0.2) is 47.4 Å². The molecule has 2 aliphatic rings. The summed E-state index contributed by atoms with van der Waals surface area (Å²) in [6, 6.07) is 14.6. The molecule has 0 radical (unpaired) electrons. The third-order valence-corrected chi connectivity index (χ3v) is 6.27. The molecule has 5 nitrogen and oxygen atoms in total. The number of piperazine rings is 1. The molecular formula is C23H28N2O3S. The summed E-state index contributed by atoms with van der Waals surface area (Å²) in [5, 5.41) is 0. The summed E-state index contributed by atoms with van der Waals surface area (Å²) in [6.45, 7) is 7.89. The molecule has 0 N–H and O–H groups in total. The van der Waals surface area contributed by atoms with E-state index < -0.39 is 0 Å². The number of ether oxygens (including phenoxy) is 2. The van der Waals surface area contributed by atoms with E-state index in [1.54, 1.807) is 11.8 Å². The minimum Gasteiger partial charge on any atom is -0.490 e. The van der Waals surface area contributed by atoms with Crippen molar-refractivity contribution in [1.29, 1.82) is 0 Å². The fourth-order valence-corrected chi connectivity index (χ4v) is 4.52. The molecule has 29 heavy (non-hydrogen) atoms. The molecule has 0 spiro atoms. The zero-order chi connectivity index (χ0) is 20.1. The minimum atomic E-state index is 0.206. The van der Waals surface area contributed by atoms with Crippen molar-refractivity contribution in [2.24, 2.45) is 0 Å². The number of rotatable bonds is 5. The van der Waals surface area contributed by atoms with E-state index in [0.717, 1.165) is 55.5 Å². The van der Waals surface area contributed by atoms with Crippen LogP contribution in [0.3, 0.4) is 0 Å². The van der Waals surface area contributed by atoms with Crippen molar-refractivity contribution < 1.29 is 14.3 Å². The monoisotopic (exact) mass is 412 g/mol. The van der Waals surface area contributed by atoms with Crippen LogP contribution in [0.4, 0.5) is 0 Å². The van der Waals surface area contributed by atoms with E-state index in [0.29, 0.717) is 19.0 Å². The summed E-state index contributed by atoms with van der Waals surface area (Å²) in [5.41, 5.74) is 2.64. The third kappa shape index (κ3) is 5.46. The largest absolute Gasteiger partial charge is 0.490 e. The quantitative estimate of drug-likeness (QED) is 0.702. The number of hydrogen-bond donors (Lipinski definition) is 0. The number of amides is 1. The number of hydrogen-bond acceptors (Lipinski definition) is 5. The lowest BCUT2D eigenvalue weighted by Crippen LogP contribution is -2.48. The van der Waals surface area contributed by atoms with Crippen molar-refractivity contribution in [2.45, 2.75) is 24.8 Å². The van der Waals surface area contributed by atoms with Crippen molar-refractivity contribution in [3.05, 3.63) is 53.6 Å². The van der Waals surface area contributed by atoms with Crippen LogP contribution in [0.1, 0.15) is 17.5 Å². The van der Waals surface area contributed by atoms with Gasteiger partial charge in [-0.25, -0.2) is 0 Å². The first-order chi connectivity index (χ1) is 14.2. The lowest BCUT2D eigenvalue weighted by Gasteiger charge is -2.34. The van der Waals surface area contributed by atoms with Gasteiger partial charge in [0.1, 0.15) is 0 Å². The number of carbonyl (C=O) groups excluding carboxylic acids is 1. The molecule has 0 aromatic heterocycles. The first-order valence-electron chi connectivity index (χ1n) is 10.3. The van der Waals surface area contributed by atoms with Gasteiger partial charge in [0.25, 0.3) is 0 Å². The van der Waals surface area contributed by atoms with E-state index in [2.05, 4.69) is 36.1 Å². The molecule has 2 aromatic rings. The molecule has 0 saturated carbocycles. The van der Waals surface area contributed by atoms with Gasteiger partial charge in [0.15, 0.2) is 11.5 Å². The van der Waals surface area contributed by atoms with Crippen LogP contribution >= 0.6 is 11.8 Å². The third-order valence-electron chi connectivity index (χ3n) is 5.29. The van der Waals surface area contributed by atoms with Crippen LogP contribution in [0.2, 0.25) is 0 Å². The van der Waals surface area contributed by atoms with Gasteiger partial charge in [-0.2, -0.15) is 0 Å². The van der Waals surface area contributed by atoms with E-state index in [9.17, 15) is 4.79 Å². The van der Waals surface area contributed by atoms with Crippen LogP contribution in [0.25, 0.3) is 0 Å². The van der Waals surface area contributed by atoms with E-state index in [1.165, 1.54) is 11.1 Å². The Kier molecular flexibility index (Phi) is 6.62. The Hall–Kier alpha value is -2.18. The van der Waals surface area contributed by atoms with Gasteiger partial charge in [-0.15, -0.1) is 11.8 Å². The molecule has 1 fully saturated rings. The number of aryl methyl sites for hydroxylation is 1. The second-order valence-corrected chi connectivity index (χ2v) is 8.64. The van der Waals surface area contributed by atoms with Crippen LogP contribution in [-0.4, -0.2) is 60.9 Å². The second kappa shape index (κ2) is 9.55. The average Bonchev–Trinajstić information content (AvgIpc) is 2.97. The van der Waals surface area contributed by atoms with E-state index in [1.807, 2.05) is 23.1 Å². The number of thioether (sulfide) groups is 1. The standard InChI is InChI=1S/C23H28N2O3S/c1-18-4-2-5-19(14-18)16-24-8-10-25(11-9-24)23(26)17-29-20-6-7-21-22(15-20)28-13-3-12-27-21/h2,4-7,14-15H,3,8-13,16-17H2,1H3. The van der Waals surface area contributed by atoms with Crippen LogP contribution in [-0.2, 0) is 11.3 Å². The summed E-state index contributed by atoms with van der Waals surface area (Å²) < 4.78 is 11.4. The molecular weight excluding hydrogens is 384 g/mol. The number of nitrogens with zero attached hydrogens (tertiary/aromatic N) is 2. The Morgan fingerprint density at radius 2 is 1.79 bits per heavy atom. The molecule has 154 valence electrons. The van der Waals surface area contributed by atoms with Crippen LogP contribution in [0, 0.1) is 6.92 Å². The van der Waals surface area contributed by atoms with E-state index >= 15 is 0 Å². The molecule has 6 heteroatoms. The highest BCUT2D eigenvalue weighted by Gasteiger charge is 2.21. The molecule has 1 amide bonds. The normalized spacial score (nSPS) is 17.1. The fraction of sp³-hybridized carbons (Fsp3) is 0.435. The molecule has 0 atom stereocenters. The van der Waals surface area contributed by atoms with Gasteiger partial charge < -0.3 is 14.4 Å². The SMILES string of the molecule is Cc1cccc(CN2CCN(C(=O)CSc3ccc4c(c3)OCCCO4)CC2)c1. The number of fused-ring (bicyclic) bond motifs is 1. The van der Waals surface area contributed by atoms with Crippen molar-refractivity contribution in [2.75, 3.05) is 45.1 Å². The Bertz CT molecular complexity index is 850. The molecule has 0 bridgehead atoms. The van der Waals surface area contributed by atoms with E-state index in [-0.39, 0.29) is 5.91 Å². The van der Waals surface area contributed by atoms with Gasteiger partial charge in [0.05, 0.1) is 19.0 Å². The van der Waals surface area contributed by atoms with Crippen molar-refractivity contribution in [1.82, 2.24) is 9.80 Å². The Morgan fingerprint density at radius 1 is 1.00 bits per heavy atom. The highest BCUT2D eigenvalue weighted by atomic mass is 32.2. The maximum absolute atomic E-state index is 12.7. The van der Waals surface area contributed by atoms with Crippen LogP contribution < -0.4 is 9.47 Å². The molecule has 1 saturated heterocycles. The summed E-state index contributed by atoms with van der Waals surface area (Å²) in [6.07, 6.45) is 0.894. The van der Waals surface area contributed by atoms with Gasteiger partial charge in [0, 0.05) is 44.0 Å². The second-order valence-electron chi connectivity index (χ2n) is 7.59. The maximum Gasteiger partial charge on any atom is 0.233 e. The van der Waals surface area contributed by atoms with Gasteiger partial charge in [-0.1, -0.05) is 29.8 Å². The predicted molar refractivity (Wildman–Crippen MR) is 116 cm³/mol. The smallest absolute Gasteiger partial charge is 0.233 e. The lowest BCUT2D eigenvalue weighted by atomic mass is 10.1. The van der Waals surface area contributed by atoms with Gasteiger partial charge in [-0.3, -0.25) is 9.69 Å². The fourth-order valence-electron chi connectivity index (χ4n) is 3.69. The molecule has 2 heterocycles.